The van der Waals surface area contributed by atoms with Crippen molar-refractivity contribution in [1.29, 1.82) is 0 Å². The lowest BCUT2D eigenvalue weighted by Crippen LogP contribution is -2.56. The first kappa shape index (κ1) is 16.9. The summed E-state index contributed by atoms with van der Waals surface area (Å²) in [5, 5.41) is 0. The van der Waals surface area contributed by atoms with Crippen molar-refractivity contribution in [2.45, 2.75) is 25.9 Å². The molecule has 0 aliphatic rings. The van der Waals surface area contributed by atoms with Crippen molar-refractivity contribution in [2.24, 2.45) is 0 Å². The molecule has 106 valence electrons. The van der Waals surface area contributed by atoms with Gasteiger partial charge in [-0.2, -0.15) is 0 Å². The standard InChI is InChI=1S/C12H24N2O4/c1-7-17-11(15)9(13(3)4)10(14(5)6)12(16)18-8-2/h9-10H,7-8H2,1-6H3. The molecule has 0 fully saturated rings. The number of hydrogen-bond donors (Lipinski definition) is 0. The van der Waals surface area contributed by atoms with Crippen molar-refractivity contribution in [3.63, 3.8) is 0 Å². The molecule has 0 heterocycles. The largest absolute Gasteiger partial charge is 0.465 e. The minimum atomic E-state index is -0.681. The first-order valence-electron chi connectivity index (χ1n) is 6.02. The number of rotatable bonds is 7. The SMILES string of the molecule is CCOC(=O)C(C(C(=O)OCC)N(C)C)N(C)C. The highest BCUT2D eigenvalue weighted by Crippen LogP contribution is 2.11. The maximum atomic E-state index is 11.9. The first-order chi connectivity index (χ1) is 8.36. The molecule has 0 saturated carbocycles. The van der Waals surface area contributed by atoms with Gasteiger partial charge in [0.05, 0.1) is 13.2 Å². The number of likely N-dealkylation sites (N-methyl/N-ethyl adjacent to an activating group) is 2. The van der Waals surface area contributed by atoms with Crippen LogP contribution in [0, 0.1) is 0 Å². The van der Waals surface area contributed by atoms with Crippen LogP contribution in [0.15, 0.2) is 0 Å². The van der Waals surface area contributed by atoms with E-state index in [1.807, 2.05) is 0 Å². The number of nitrogens with zero attached hydrogens (tertiary/aromatic N) is 2. The highest BCUT2D eigenvalue weighted by molar-refractivity contribution is 5.87. The Hall–Kier alpha value is -1.14. The second-order valence-electron chi connectivity index (χ2n) is 4.32. The third-order valence-electron chi connectivity index (χ3n) is 2.47. The van der Waals surface area contributed by atoms with Crippen molar-refractivity contribution >= 4 is 11.9 Å². The summed E-state index contributed by atoms with van der Waals surface area (Å²) >= 11 is 0. The number of carbonyl (C=O) groups excluding carboxylic acids is 2. The van der Waals surface area contributed by atoms with Crippen LogP contribution < -0.4 is 0 Å². The topological polar surface area (TPSA) is 59.1 Å². The fourth-order valence-corrected chi connectivity index (χ4v) is 1.70. The summed E-state index contributed by atoms with van der Waals surface area (Å²) in [6.45, 7) is 4.04. The van der Waals surface area contributed by atoms with Crippen molar-refractivity contribution < 1.29 is 19.1 Å². The van der Waals surface area contributed by atoms with Crippen LogP contribution in [0.3, 0.4) is 0 Å². The van der Waals surface area contributed by atoms with Crippen molar-refractivity contribution in [3.8, 4) is 0 Å². The van der Waals surface area contributed by atoms with Crippen LogP contribution in [-0.4, -0.2) is 75.2 Å². The quantitative estimate of drug-likeness (QED) is 0.599. The summed E-state index contributed by atoms with van der Waals surface area (Å²) in [5.74, 6) is -0.844. The molecule has 2 unspecified atom stereocenters. The van der Waals surface area contributed by atoms with Crippen LogP contribution in [0.4, 0.5) is 0 Å². The number of ether oxygens (including phenoxy) is 2. The summed E-state index contributed by atoms with van der Waals surface area (Å²) in [6, 6.07) is -1.36. The van der Waals surface area contributed by atoms with E-state index in [0.717, 1.165) is 0 Å². The van der Waals surface area contributed by atoms with E-state index < -0.39 is 24.0 Å². The zero-order valence-electron chi connectivity index (χ0n) is 12.1. The first-order valence-corrected chi connectivity index (χ1v) is 6.02. The third kappa shape index (κ3) is 4.62. The highest BCUT2D eigenvalue weighted by atomic mass is 16.5. The van der Waals surface area contributed by atoms with E-state index in [4.69, 9.17) is 9.47 Å². The highest BCUT2D eigenvalue weighted by Gasteiger charge is 2.39. The van der Waals surface area contributed by atoms with Crippen LogP contribution in [0.25, 0.3) is 0 Å². The zero-order valence-corrected chi connectivity index (χ0v) is 12.1. The van der Waals surface area contributed by atoms with E-state index in [1.165, 1.54) is 0 Å². The molecule has 0 N–H and O–H groups in total. The van der Waals surface area contributed by atoms with Gasteiger partial charge in [-0.25, -0.2) is 0 Å². The summed E-state index contributed by atoms with van der Waals surface area (Å²) in [7, 11) is 6.93. The molecule has 6 heteroatoms. The second-order valence-corrected chi connectivity index (χ2v) is 4.32. The molecular formula is C12H24N2O4. The Balaban J connectivity index is 5.11. The predicted molar refractivity (Wildman–Crippen MR) is 68.2 cm³/mol. The Bertz CT molecular complexity index is 251. The lowest BCUT2D eigenvalue weighted by molar-refractivity contribution is -0.161. The molecule has 0 aromatic heterocycles. The number of esters is 2. The fourth-order valence-electron chi connectivity index (χ4n) is 1.70. The molecule has 0 aromatic rings. The van der Waals surface area contributed by atoms with Crippen LogP contribution >= 0.6 is 0 Å². The van der Waals surface area contributed by atoms with Crippen LogP contribution in [-0.2, 0) is 19.1 Å². The molecule has 0 aromatic carbocycles. The molecule has 0 saturated heterocycles. The van der Waals surface area contributed by atoms with E-state index in [-0.39, 0.29) is 13.2 Å². The number of carbonyl (C=O) groups is 2. The molecule has 0 rings (SSSR count). The molecule has 0 bridgehead atoms. The molecule has 0 spiro atoms. The van der Waals surface area contributed by atoms with Crippen molar-refractivity contribution in [1.82, 2.24) is 9.80 Å². The summed E-state index contributed by atoms with van der Waals surface area (Å²) in [5.41, 5.74) is 0. The molecular weight excluding hydrogens is 236 g/mol. The van der Waals surface area contributed by atoms with Gasteiger partial charge in [0.25, 0.3) is 0 Å². The van der Waals surface area contributed by atoms with Crippen molar-refractivity contribution in [3.05, 3.63) is 0 Å². The van der Waals surface area contributed by atoms with Crippen molar-refractivity contribution in [2.75, 3.05) is 41.4 Å². The Morgan fingerprint density at radius 1 is 0.833 bits per heavy atom. The third-order valence-corrected chi connectivity index (χ3v) is 2.47. The molecule has 6 nitrogen and oxygen atoms in total. The fraction of sp³-hybridized carbons (Fsp3) is 0.833. The Labute approximate surface area is 109 Å². The average Bonchev–Trinajstić information content (AvgIpc) is 2.24. The van der Waals surface area contributed by atoms with Gasteiger partial charge in [0.2, 0.25) is 0 Å². The van der Waals surface area contributed by atoms with Gasteiger partial charge in [-0.05, 0) is 42.0 Å². The van der Waals surface area contributed by atoms with Gasteiger partial charge in [-0.15, -0.1) is 0 Å². The van der Waals surface area contributed by atoms with Gasteiger partial charge in [-0.1, -0.05) is 0 Å². The van der Waals surface area contributed by atoms with E-state index >= 15 is 0 Å². The summed E-state index contributed by atoms with van der Waals surface area (Å²) < 4.78 is 10.0. The van der Waals surface area contributed by atoms with Crippen LogP contribution in [0.2, 0.25) is 0 Å². The molecule has 0 amide bonds. The second kappa shape index (κ2) is 8.05. The lowest BCUT2D eigenvalue weighted by Gasteiger charge is -2.32. The average molecular weight is 260 g/mol. The molecule has 0 aliphatic heterocycles. The van der Waals surface area contributed by atoms with E-state index in [2.05, 4.69) is 0 Å². The lowest BCUT2D eigenvalue weighted by atomic mass is 10.1. The summed E-state index contributed by atoms with van der Waals surface area (Å²) in [4.78, 5) is 27.2. The maximum absolute atomic E-state index is 11.9. The van der Waals surface area contributed by atoms with Gasteiger partial charge in [-0.3, -0.25) is 19.4 Å². The van der Waals surface area contributed by atoms with Crippen LogP contribution in [0.1, 0.15) is 13.8 Å². The normalized spacial score (nSPS) is 14.4. The van der Waals surface area contributed by atoms with E-state index in [9.17, 15) is 9.59 Å². The van der Waals surface area contributed by atoms with Gasteiger partial charge >= 0.3 is 11.9 Å². The van der Waals surface area contributed by atoms with Gasteiger partial charge in [0.15, 0.2) is 0 Å². The van der Waals surface area contributed by atoms with Gasteiger partial charge in [0, 0.05) is 0 Å². The van der Waals surface area contributed by atoms with Gasteiger partial charge in [0.1, 0.15) is 12.1 Å². The van der Waals surface area contributed by atoms with E-state index in [1.54, 1.807) is 51.8 Å². The van der Waals surface area contributed by atoms with Gasteiger partial charge < -0.3 is 9.47 Å². The molecule has 18 heavy (non-hydrogen) atoms. The minimum Gasteiger partial charge on any atom is -0.465 e. The summed E-state index contributed by atoms with van der Waals surface area (Å²) in [6.07, 6.45) is 0. The Morgan fingerprint density at radius 2 is 1.11 bits per heavy atom. The molecule has 0 radical (unpaired) electrons. The predicted octanol–water partition coefficient (Wildman–Crippen LogP) is -0.0270. The number of hydrogen-bond acceptors (Lipinski definition) is 6. The maximum Gasteiger partial charge on any atom is 0.325 e. The Morgan fingerprint density at radius 3 is 1.28 bits per heavy atom. The van der Waals surface area contributed by atoms with E-state index in [0.29, 0.717) is 0 Å². The monoisotopic (exact) mass is 260 g/mol. The smallest absolute Gasteiger partial charge is 0.325 e. The Kier molecular flexibility index (Phi) is 7.54. The molecule has 0 aliphatic carbocycles. The van der Waals surface area contributed by atoms with Crippen LogP contribution in [0.5, 0.6) is 0 Å². The molecule has 2 atom stereocenters. The minimum absolute atomic E-state index is 0.284. The zero-order chi connectivity index (χ0) is 14.3.